The normalized spacial score (nSPS) is 13.1. The van der Waals surface area contributed by atoms with E-state index in [0.29, 0.717) is 21.4 Å². The van der Waals surface area contributed by atoms with Crippen LogP contribution in [0.3, 0.4) is 0 Å². The lowest BCUT2D eigenvalue weighted by atomic mass is 9.96. The van der Waals surface area contributed by atoms with E-state index in [0.717, 1.165) is 60.3 Å². The first-order chi connectivity index (χ1) is 18.0. The van der Waals surface area contributed by atoms with E-state index in [1.165, 1.54) is 11.1 Å². The fourth-order valence-electron chi connectivity index (χ4n) is 5.43. The Hall–Kier alpha value is -3.47. The van der Waals surface area contributed by atoms with Crippen LogP contribution in [0.2, 0.25) is 10.0 Å². The third-order valence-corrected chi connectivity index (χ3v) is 7.99. The van der Waals surface area contributed by atoms with Gasteiger partial charge in [-0.3, -0.25) is 9.20 Å². The zero-order valence-electron chi connectivity index (χ0n) is 20.6. The second-order valence-electron chi connectivity index (χ2n) is 9.52. The Labute approximate surface area is 226 Å². The Morgan fingerprint density at radius 3 is 2.43 bits per heavy atom. The quantitative estimate of drug-likeness (QED) is 0.244. The summed E-state index contributed by atoms with van der Waals surface area (Å²) in [5.41, 5.74) is 9.18. The van der Waals surface area contributed by atoms with Gasteiger partial charge in [0, 0.05) is 29.6 Å². The standard InChI is InChI=1S/C31H27Cl2N3O/c1-2-20-11-13-22(14-12-20)28-24-10-6-7-17-35-27(21-8-4-3-5-9-21)19-36(31(24)35)29(28)30(37)34-23-15-16-25(32)26(33)18-23/h3-5,8-9,11-16,18-19H,2,6-7,10,17H2,1H3,(H,34,37). The van der Waals surface area contributed by atoms with Crippen LogP contribution in [0, 0.1) is 0 Å². The minimum atomic E-state index is -0.174. The highest BCUT2D eigenvalue weighted by atomic mass is 35.5. The monoisotopic (exact) mass is 527 g/mol. The number of carbonyl (C=O) groups is 1. The van der Waals surface area contributed by atoms with Crippen LogP contribution in [-0.2, 0) is 19.4 Å². The van der Waals surface area contributed by atoms with Crippen molar-refractivity contribution in [3.05, 3.63) is 106 Å². The molecule has 0 radical (unpaired) electrons. The largest absolute Gasteiger partial charge is 0.325 e. The number of aryl methyl sites for hydroxylation is 3. The van der Waals surface area contributed by atoms with Gasteiger partial charge in [0.1, 0.15) is 11.3 Å². The van der Waals surface area contributed by atoms with Crippen LogP contribution in [0.5, 0.6) is 0 Å². The molecule has 1 amide bonds. The lowest BCUT2D eigenvalue weighted by molar-refractivity contribution is 0.102. The van der Waals surface area contributed by atoms with Crippen molar-refractivity contribution in [2.45, 2.75) is 39.2 Å². The van der Waals surface area contributed by atoms with Gasteiger partial charge in [0.05, 0.1) is 15.7 Å². The molecule has 6 rings (SSSR count). The van der Waals surface area contributed by atoms with E-state index in [9.17, 15) is 4.79 Å². The van der Waals surface area contributed by atoms with E-state index in [1.54, 1.807) is 18.2 Å². The van der Waals surface area contributed by atoms with Gasteiger partial charge in [0.15, 0.2) is 0 Å². The van der Waals surface area contributed by atoms with Crippen molar-refractivity contribution >= 4 is 40.4 Å². The first-order valence-electron chi connectivity index (χ1n) is 12.7. The molecule has 0 unspecified atom stereocenters. The number of imidazole rings is 1. The number of rotatable bonds is 5. The second kappa shape index (κ2) is 9.77. The average molecular weight is 528 g/mol. The van der Waals surface area contributed by atoms with Crippen molar-refractivity contribution in [2.75, 3.05) is 5.32 Å². The molecule has 0 bridgehead atoms. The Kier molecular flexibility index (Phi) is 6.31. The third kappa shape index (κ3) is 4.24. The number of aromatic nitrogens is 2. The summed E-state index contributed by atoms with van der Waals surface area (Å²) in [7, 11) is 0. The van der Waals surface area contributed by atoms with Gasteiger partial charge < -0.3 is 9.88 Å². The van der Waals surface area contributed by atoms with Gasteiger partial charge in [-0.25, -0.2) is 0 Å². The molecule has 1 aliphatic rings. The van der Waals surface area contributed by atoms with Crippen molar-refractivity contribution in [3.63, 3.8) is 0 Å². The van der Waals surface area contributed by atoms with Crippen LogP contribution in [0.25, 0.3) is 28.0 Å². The number of nitrogens with zero attached hydrogens (tertiary/aromatic N) is 2. The molecule has 0 saturated heterocycles. The molecule has 3 heterocycles. The number of nitrogens with one attached hydrogen (secondary N) is 1. The summed E-state index contributed by atoms with van der Waals surface area (Å²) in [5.74, 6) is -0.174. The third-order valence-electron chi connectivity index (χ3n) is 7.25. The fraction of sp³-hybridized carbons (Fsp3) is 0.194. The first-order valence-corrected chi connectivity index (χ1v) is 13.5. The molecule has 2 aromatic heterocycles. The van der Waals surface area contributed by atoms with E-state index in [2.05, 4.69) is 75.9 Å². The van der Waals surface area contributed by atoms with Crippen LogP contribution in [0.4, 0.5) is 5.69 Å². The summed E-state index contributed by atoms with van der Waals surface area (Å²) in [4.78, 5) is 14.0. The minimum absolute atomic E-state index is 0.174. The molecule has 1 N–H and O–H groups in total. The molecule has 1 aliphatic heterocycles. The van der Waals surface area contributed by atoms with Crippen LogP contribution in [-0.4, -0.2) is 14.9 Å². The molecule has 0 spiro atoms. The summed E-state index contributed by atoms with van der Waals surface area (Å²) < 4.78 is 4.48. The number of benzene rings is 3. The molecule has 3 aromatic carbocycles. The van der Waals surface area contributed by atoms with Crippen LogP contribution in [0.1, 0.15) is 41.4 Å². The molecular weight excluding hydrogens is 501 g/mol. The molecule has 4 nitrogen and oxygen atoms in total. The highest BCUT2D eigenvalue weighted by Crippen LogP contribution is 2.40. The summed E-state index contributed by atoms with van der Waals surface area (Å²) >= 11 is 12.4. The molecule has 0 saturated carbocycles. The van der Waals surface area contributed by atoms with E-state index in [-0.39, 0.29) is 5.91 Å². The van der Waals surface area contributed by atoms with Gasteiger partial charge in [-0.15, -0.1) is 0 Å². The molecule has 37 heavy (non-hydrogen) atoms. The Morgan fingerprint density at radius 2 is 1.70 bits per heavy atom. The summed E-state index contributed by atoms with van der Waals surface area (Å²) in [6, 6.07) is 24.2. The van der Waals surface area contributed by atoms with Crippen LogP contribution >= 0.6 is 23.2 Å². The Bertz CT molecular complexity index is 1610. The predicted molar refractivity (Wildman–Crippen MR) is 153 cm³/mol. The minimum Gasteiger partial charge on any atom is -0.325 e. The number of hydrogen-bond donors (Lipinski definition) is 1. The van der Waals surface area contributed by atoms with Gasteiger partial charge in [0.25, 0.3) is 5.91 Å². The fourth-order valence-corrected chi connectivity index (χ4v) is 5.73. The van der Waals surface area contributed by atoms with Crippen molar-refractivity contribution in [1.82, 2.24) is 8.97 Å². The average Bonchev–Trinajstić information content (AvgIpc) is 3.34. The zero-order chi connectivity index (χ0) is 25.5. The molecular formula is C31H27Cl2N3O. The maximum Gasteiger partial charge on any atom is 0.273 e. The van der Waals surface area contributed by atoms with Crippen LogP contribution in [0.15, 0.2) is 79.0 Å². The number of amides is 1. The number of hydrogen-bond acceptors (Lipinski definition) is 1. The lowest BCUT2D eigenvalue weighted by Gasteiger charge is -2.11. The molecule has 6 heteroatoms. The summed E-state index contributed by atoms with van der Waals surface area (Å²) in [6.07, 6.45) is 6.18. The van der Waals surface area contributed by atoms with Gasteiger partial charge in [0.2, 0.25) is 0 Å². The number of halogens is 2. The highest BCUT2D eigenvalue weighted by Gasteiger charge is 2.29. The van der Waals surface area contributed by atoms with Crippen molar-refractivity contribution < 1.29 is 4.79 Å². The van der Waals surface area contributed by atoms with Crippen molar-refractivity contribution in [3.8, 4) is 22.4 Å². The zero-order valence-corrected chi connectivity index (χ0v) is 22.1. The predicted octanol–water partition coefficient (Wildman–Crippen LogP) is 8.53. The summed E-state index contributed by atoms with van der Waals surface area (Å²) in [6.45, 7) is 3.07. The number of carbonyl (C=O) groups excluding carboxylic acids is 1. The smallest absolute Gasteiger partial charge is 0.273 e. The van der Waals surface area contributed by atoms with Gasteiger partial charge in [-0.1, -0.05) is 84.7 Å². The van der Waals surface area contributed by atoms with Gasteiger partial charge in [-0.05, 0) is 60.6 Å². The van der Waals surface area contributed by atoms with Gasteiger partial charge >= 0.3 is 0 Å². The second-order valence-corrected chi connectivity index (χ2v) is 10.3. The molecule has 5 aromatic rings. The summed E-state index contributed by atoms with van der Waals surface area (Å²) in [5, 5.41) is 3.94. The molecule has 0 aliphatic carbocycles. The highest BCUT2D eigenvalue weighted by molar-refractivity contribution is 6.42. The van der Waals surface area contributed by atoms with Crippen molar-refractivity contribution in [2.24, 2.45) is 0 Å². The van der Waals surface area contributed by atoms with Crippen LogP contribution < -0.4 is 5.32 Å². The maximum atomic E-state index is 14.0. The Balaban J connectivity index is 1.59. The van der Waals surface area contributed by atoms with Gasteiger partial charge in [-0.2, -0.15) is 0 Å². The van der Waals surface area contributed by atoms with Crippen molar-refractivity contribution in [1.29, 1.82) is 0 Å². The molecule has 186 valence electrons. The van der Waals surface area contributed by atoms with E-state index < -0.39 is 0 Å². The SMILES string of the molecule is CCc1ccc(-c2c3c4n(c(-c5ccccc5)cn4c2C(=O)Nc2ccc(Cl)c(Cl)c2)CCCC3)cc1. The van der Waals surface area contributed by atoms with E-state index in [1.807, 2.05) is 6.07 Å². The van der Waals surface area contributed by atoms with E-state index in [4.69, 9.17) is 23.2 Å². The molecule has 0 atom stereocenters. The molecule has 0 fully saturated rings. The topological polar surface area (TPSA) is 38.4 Å². The lowest BCUT2D eigenvalue weighted by Crippen LogP contribution is -2.15. The van der Waals surface area contributed by atoms with E-state index >= 15 is 0 Å². The number of anilines is 1. The Morgan fingerprint density at radius 1 is 0.919 bits per heavy atom. The first kappa shape index (κ1) is 23.9. The maximum absolute atomic E-state index is 14.0.